The lowest BCUT2D eigenvalue weighted by Crippen LogP contribution is -2.53. The van der Waals surface area contributed by atoms with E-state index in [1.165, 1.54) is 0 Å². The zero-order valence-electron chi connectivity index (χ0n) is 16.1. The number of carbonyl (C=O) groups excluding carboxylic acids is 2. The SMILES string of the molecule is O=C(CN1CCOCC1)N1CCN(C(=O)c2cn[nH]c2-c2ccc(Cl)cc2)CC1. The Morgan fingerprint density at radius 2 is 1.66 bits per heavy atom. The van der Waals surface area contributed by atoms with E-state index in [-0.39, 0.29) is 11.8 Å². The van der Waals surface area contributed by atoms with Crippen molar-refractivity contribution >= 4 is 23.4 Å². The number of hydrogen-bond acceptors (Lipinski definition) is 5. The Hall–Kier alpha value is -2.42. The summed E-state index contributed by atoms with van der Waals surface area (Å²) in [5.74, 6) is 0.0353. The van der Waals surface area contributed by atoms with Gasteiger partial charge in [0.25, 0.3) is 5.91 Å². The molecular formula is C20H24ClN5O3. The minimum absolute atomic E-state index is 0.0796. The summed E-state index contributed by atoms with van der Waals surface area (Å²) >= 11 is 5.96. The third-order valence-corrected chi connectivity index (χ3v) is 5.64. The minimum atomic E-state index is -0.0796. The normalized spacial score (nSPS) is 18.1. The van der Waals surface area contributed by atoms with Gasteiger partial charge in [-0.3, -0.25) is 19.6 Å². The van der Waals surface area contributed by atoms with Gasteiger partial charge in [0.1, 0.15) is 0 Å². The van der Waals surface area contributed by atoms with Crippen LogP contribution in [0.1, 0.15) is 10.4 Å². The Morgan fingerprint density at radius 1 is 1.00 bits per heavy atom. The molecule has 0 unspecified atom stereocenters. The van der Waals surface area contributed by atoms with Crippen molar-refractivity contribution in [2.75, 3.05) is 59.0 Å². The van der Waals surface area contributed by atoms with Crippen LogP contribution in [0.4, 0.5) is 0 Å². The highest BCUT2D eigenvalue weighted by atomic mass is 35.5. The lowest BCUT2D eigenvalue weighted by molar-refractivity contribution is -0.134. The van der Waals surface area contributed by atoms with Gasteiger partial charge in [-0.25, -0.2) is 0 Å². The van der Waals surface area contributed by atoms with Crippen LogP contribution in [0.5, 0.6) is 0 Å². The van der Waals surface area contributed by atoms with Gasteiger partial charge < -0.3 is 14.5 Å². The van der Waals surface area contributed by atoms with Crippen molar-refractivity contribution in [3.8, 4) is 11.3 Å². The molecule has 0 spiro atoms. The van der Waals surface area contributed by atoms with E-state index < -0.39 is 0 Å². The lowest BCUT2D eigenvalue weighted by atomic mass is 10.1. The van der Waals surface area contributed by atoms with Crippen LogP contribution in [-0.2, 0) is 9.53 Å². The van der Waals surface area contributed by atoms with Crippen molar-refractivity contribution in [2.45, 2.75) is 0 Å². The average molecular weight is 418 g/mol. The highest BCUT2D eigenvalue weighted by molar-refractivity contribution is 6.30. The summed E-state index contributed by atoms with van der Waals surface area (Å²) in [6, 6.07) is 7.28. The number of nitrogens with zero attached hydrogens (tertiary/aromatic N) is 4. The number of H-pyrrole nitrogens is 1. The number of amides is 2. The van der Waals surface area contributed by atoms with Crippen molar-refractivity contribution in [2.24, 2.45) is 0 Å². The molecule has 3 heterocycles. The van der Waals surface area contributed by atoms with Gasteiger partial charge in [-0.15, -0.1) is 0 Å². The number of rotatable bonds is 4. The van der Waals surface area contributed by atoms with E-state index in [2.05, 4.69) is 15.1 Å². The van der Waals surface area contributed by atoms with Crippen LogP contribution in [0.2, 0.25) is 5.02 Å². The molecule has 2 amide bonds. The molecule has 9 heteroatoms. The maximum absolute atomic E-state index is 13.0. The number of carbonyl (C=O) groups is 2. The zero-order chi connectivity index (χ0) is 20.2. The number of benzene rings is 1. The molecule has 0 saturated carbocycles. The second kappa shape index (κ2) is 8.94. The van der Waals surface area contributed by atoms with Gasteiger partial charge in [-0.2, -0.15) is 5.10 Å². The van der Waals surface area contributed by atoms with Crippen molar-refractivity contribution in [1.29, 1.82) is 0 Å². The predicted molar refractivity (Wildman–Crippen MR) is 109 cm³/mol. The van der Waals surface area contributed by atoms with Gasteiger partial charge in [-0.05, 0) is 12.1 Å². The standard InChI is InChI=1S/C20H24ClN5O3/c21-16-3-1-15(2-4-16)19-17(13-22-23-19)20(28)26-7-5-25(6-8-26)18(27)14-24-9-11-29-12-10-24/h1-4,13H,5-12,14H2,(H,22,23). The fourth-order valence-corrected chi connectivity index (χ4v) is 3.79. The lowest BCUT2D eigenvalue weighted by Gasteiger charge is -2.36. The van der Waals surface area contributed by atoms with Crippen LogP contribution < -0.4 is 0 Å². The number of aromatic nitrogens is 2. The van der Waals surface area contributed by atoms with Crippen molar-refractivity contribution in [3.63, 3.8) is 0 Å². The van der Waals surface area contributed by atoms with E-state index in [1.54, 1.807) is 23.2 Å². The van der Waals surface area contributed by atoms with Crippen LogP contribution >= 0.6 is 11.6 Å². The Kier molecular flexibility index (Phi) is 6.13. The molecular weight excluding hydrogens is 394 g/mol. The topological polar surface area (TPSA) is 81.8 Å². The van der Waals surface area contributed by atoms with E-state index in [9.17, 15) is 9.59 Å². The number of morpholine rings is 1. The maximum Gasteiger partial charge on any atom is 0.257 e. The molecule has 0 atom stereocenters. The highest BCUT2D eigenvalue weighted by Crippen LogP contribution is 2.24. The fraction of sp³-hybridized carbons (Fsp3) is 0.450. The zero-order valence-corrected chi connectivity index (χ0v) is 16.9. The molecule has 2 saturated heterocycles. The molecule has 4 rings (SSSR count). The molecule has 8 nitrogen and oxygen atoms in total. The highest BCUT2D eigenvalue weighted by Gasteiger charge is 2.28. The fourth-order valence-electron chi connectivity index (χ4n) is 3.66. The molecule has 154 valence electrons. The van der Waals surface area contributed by atoms with E-state index in [1.807, 2.05) is 17.0 Å². The number of piperazine rings is 1. The van der Waals surface area contributed by atoms with Crippen LogP contribution in [0.15, 0.2) is 30.5 Å². The Bertz CT molecular complexity index is 855. The Labute approximate surface area is 174 Å². The summed E-state index contributed by atoms with van der Waals surface area (Å²) in [5, 5.41) is 7.61. The van der Waals surface area contributed by atoms with Crippen molar-refractivity contribution < 1.29 is 14.3 Å². The number of hydrogen-bond donors (Lipinski definition) is 1. The summed E-state index contributed by atoms with van der Waals surface area (Å²) in [7, 11) is 0. The third-order valence-electron chi connectivity index (χ3n) is 5.38. The molecule has 2 aliphatic rings. The van der Waals surface area contributed by atoms with Crippen LogP contribution in [0, 0.1) is 0 Å². The van der Waals surface area contributed by atoms with Crippen molar-refractivity contribution in [3.05, 3.63) is 41.0 Å². The summed E-state index contributed by atoms with van der Waals surface area (Å²) in [6.45, 7) is 5.46. The van der Waals surface area contributed by atoms with Crippen molar-refractivity contribution in [1.82, 2.24) is 24.9 Å². The molecule has 0 bridgehead atoms. The predicted octanol–water partition coefficient (Wildman–Crippen LogP) is 1.35. The summed E-state index contributed by atoms with van der Waals surface area (Å²) in [6.07, 6.45) is 1.56. The summed E-state index contributed by atoms with van der Waals surface area (Å²) in [4.78, 5) is 31.3. The first kappa shape index (κ1) is 19.9. The van der Waals surface area contributed by atoms with E-state index in [4.69, 9.17) is 16.3 Å². The molecule has 0 aliphatic carbocycles. The Balaban J connectivity index is 1.35. The third kappa shape index (κ3) is 4.60. The average Bonchev–Trinajstić information content (AvgIpc) is 3.24. The quantitative estimate of drug-likeness (QED) is 0.812. The smallest absolute Gasteiger partial charge is 0.257 e. The van der Waals surface area contributed by atoms with Gasteiger partial charge >= 0.3 is 0 Å². The number of nitrogens with one attached hydrogen (secondary N) is 1. The number of halogens is 1. The van der Waals surface area contributed by atoms with E-state index >= 15 is 0 Å². The van der Waals surface area contributed by atoms with E-state index in [0.29, 0.717) is 62.2 Å². The molecule has 1 aromatic carbocycles. The van der Waals surface area contributed by atoms with Gasteiger partial charge in [0.05, 0.1) is 37.2 Å². The summed E-state index contributed by atoms with van der Waals surface area (Å²) in [5.41, 5.74) is 2.06. The first-order valence-corrected chi connectivity index (χ1v) is 10.2. The van der Waals surface area contributed by atoms with E-state index in [0.717, 1.165) is 18.7 Å². The first-order valence-electron chi connectivity index (χ1n) is 9.78. The number of aromatic amines is 1. The van der Waals surface area contributed by atoms with Crippen LogP contribution in [0.3, 0.4) is 0 Å². The molecule has 1 N–H and O–H groups in total. The van der Waals surface area contributed by atoms with Crippen LogP contribution in [-0.4, -0.2) is 95.7 Å². The summed E-state index contributed by atoms with van der Waals surface area (Å²) < 4.78 is 5.33. The minimum Gasteiger partial charge on any atom is -0.379 e. The maximum atomic E-state index is 13.0. The number of ether oxygens (including phenoxy) is 1. The van der Waals surface area contributed by atoms with Gasteiger partial charge in [0.2, 0.25) is 5.91 Å². The molecule has 2 aliphatic heterocycles. The molecule has 0 radical (unpaired) electrons. The van der Waals surface area contributed by atoms with Gasteiger partial charge in [-0.1, -0.05) is 23.7 Å². The molecule has 2 fully saturated rings. The van der Waals surface area contributed by atoms with Gasteiger partial charge in [0.15, 0.2) is 0 Å². The Morgan fingerprint density at radius 3 is 2.34 bits per heavy atom. The second-order valence-corrected chi connectivity index (χ2v) is 7.66. The van der Waals surface area contributed by atoms with Gasteiger partial charge in [0, 0.05) is 49.9 Å². The largest absolute Gasteiger partial charge is 0.379 e. The monoisotopic (exact) mass is 417 g/mol. The molecule has 2 aromatic rings. The first-order chi connectivity index (χ1) is 14.1. The molecule has 1 aromatic heterocycles. The van der Waals surface area contributed by atoms with Crippen LogP contribution in [0.25, 0.3) is 11.3 Å². The molecule has 29 heavy (non-hydrogen) atoms. The second-order valence-electron chi connectivity index (χ2n) is 7.23.